The Bertz CT molecular complexity index is 515. The van der Waals surface area contributed by atoms with E-state index >= 15 is 0 Å². The third kappa shape index (κ3) is 2.46. The van der Waals surface area contributed by atoms with Crippen molar-refractivity contribution in [2.24, 2.45) is 10.9 Å². The monoisotopic (exact) mass is 260 g/mol. The number of oxime groups is 1. The fourth-order valence-corrected chi connectivity index (χ4v) is 2.90. The summed E-state index contributed by atoms with van der Waals surface area (Å²) < 4.78 is 0. The molecule has 104 valence electrons. The number of fused-ring (bicyclic) bond motifs is 1. The van der Waals surface area contributed by atoms with Gasteiger partial charge in [-0.15, -0.1) is 0 Å². The molecule has 0 radical (unpaired) electrons. The van der Waals surface area contributed by atoms with E-state index in [1.807, 2.05) is 6.07 Å². The van der Waals surface area contributed by atoms with Gasteiger partial charge < -0.3 is 10.6 Å². The highest BCUT2D eigenvalue weighted by Crippen LogP contribution is 2.45. The maximum Gasteiger partial charge on any atom is 0.170 e. The van der Waals surface area contributed by atoms with Gasteiger partial charge in [0.25, 0.3) is 0 Å². The topological polar surface area (TPSA) is 47.6 Å². The number of amidine groups is 1. The second kappa shape index (κ2) is 4.55. The van der Waals surface area contributed by atoms with Crippen LogP contribution in [-0.4, -0.2) is 12.9 Å². The molecule has 0 unspecified atom stereocenters. The third-order valence-corrected chi connectivity index (χ3v) is 4.34. The predicted molar refractivity (Wildman–Crippen MR) is 79.5 cm³/mol. The van der Waals surface area contributed by atoms with E-state index in [0.717, 1.165) is 5.56 Å². The van der Waals surface area contributed by atoms with Gasteiger partial charge in [-0.25, -0.2) is 0 Å². The molecule has 19 heavy (non-hydrogen) atoms. The zero-order valence-corrected chi connectivity index (χ0v) is 12.6. The number of benzene rings is 1. The Morgan fingerprint density at radius 2 is 1.68 bits per heavy atom. The van der Waals surface area contributed by atoms with Crippen LogP contribution in [0.25, 0.3) is 0 Å². The molecule has 1 aromatic rings. The van der Waals surface area contributed by atoms with Gasteiger partial charge in [0.1, 0.15) is 7.11 Å². The van der Waals surface area contributed by atoms with Gasteiger partial charge in [-0.3, -0.25) is 0 Å². The quantitative estimate of drug-likeness (QED) is 0.504. The van der Waals surface area contributed by atoms with Crippen molar-refractivity contribution in [3.05, 3.63) is 34.9 Å². The van der Waals surface area contributed by atoms with Gasteiger partial charge in [-0.05, 0) is 40.9 Å². The SMILES string of the molecule is CO/N=C(\N)c1ccc2c(c1)C(C)(C)CCC2(C)C. The van der Waals surface area contributed by atoms with Crippen LogP contribution >= 0.6 is 0 Å². The Balaban J connectivity index is 2.57. The summed E-state index contributed by atoms with van der Waals surface area (Å²) in [6, 6.07) is 6.41. The molecule has 0 heterocycles. The summed E-state index contributed by atoms with van der Waals surface area (Å²) in [4.78, 5) is 4.76. The summed E-state index contributed by atoms with van der Waals surface area (Å²) in [6.07, 6.45) is 2.41. The van der Waals surface area contributed by atoms with Crippen LogP contribution in [0, 0.1) is 0 Å². The van der Waals surface area contributed by atoms with Crippen molar-refractivity contribution in [2.75, 3.05) is 7.11 Å². The van der Waals surface area contributed by atoms with E-state index in [1.54, 1.807) is 0 Å². The first-order valence-corrected chi connectivity index (χ1v) is 6.80. The standard InChI is InChI=1S/C16H24N2O/c1-15(2)8-9-16(3,4)13-10-11(6-7-12(13)15)14(17)18-19-5/h6-7,10H,8-9H2,1-5H3,(H2,17,18). The van der Waals surface area contributed by atoms with Crippen molar-refractivity contribution in [2.45, 2.75) is 51.4 Å². The second-order valence-corrected chi connectivity index (χ2v) is 6.69. The maximum absolute atomic E-state index is 5.92. The molecule has 0 saturated heterocycles. The molecule has 0 aromatic heterocycles. The smallest absolute Gasteiger partial charge is 0.170 e. The van der Waals surface area contributed by atoms with Crippen molar-refractivity contribution in [1.29, 1.82) is 0 Å². The molecule has 0 atom stereocenters. The predicted octanol–water partition coefficient (Wildman–Crippen LogP) is 3.30. The fourth-order valence-electron chi connectivity index (χ4n) is 2.90. The van der Waals surface area contributed by atoms with Gasteiger partial charge >= 0.3 is 0 Å². The Hall–Kier alpha value is -1.51. The van der Waals surface area contributed by atoms with E-state index in [0.29, 0.717) is 5.84 Å². The van der Waals surface area contributed by atoms with Crippen molar-refractivity contribution < 1.29 is 4.84 Å². The summed E-state index contributed by atoms with van der Waals surface area (Å²) >= 11 is 0. The number of hydrogen-bond acceptors (Lipinski definition) is 2. The lowest BCUT2D eigenvalue weighted by Crippen LogP contribution is -2.34. The van der Waals surface area contributed by atoms with Crippen LogP contribution in [0.1, 0.15) is 57.2 Å². The molecule has 0 spiro atoms. The number of nitrogens with zero attached hydrogens (tertiary/aromatic N) is 1. The summed E-state index contributed by atoms with van der Waals surface area (Å²) in [5.41, 5.74) is 10.1. The van der Waals surface area contributed by atoms with Crippen molar-refractivity contribution in [3.8, 4) is 0 Å². The molecular weight excluding hydrogens is 236 g/mol. The molecule has 3 nitrogen and oxygen atoms in total. The van der Waals surface area contributed by atoms with Crippen molar-refractivity contribution >= 4 is 5.84 Å². The maximum atomic E-state index is 5.92. The Labute approximate surface area is 115 Å². The summed E-state index contributed by atoms with van der Waals surface area (Å²) in [7, 11) is 1.51. The largest absolute Gasteiger partial charge is 0.397 e. The van der Waals surface area contributed by atoms with Crippen molar-refractivity contribution in [1.82, 2.24) is 0 Å². The highest BCUT2D eigenvalue weighted by molar-refractivity contribution is 5.97. The van der Waals surface area contributed by atoms with Gasteiger partial charge in [0.2, 0.25) is 0 Å². The van der Waals surface area contributed by atoms with Gasteiger partial charge in [0.15, 0.2) is 5.84 Å². The van der Waals surface area contributed by atoms with E-state index in [2.05, 4.69) is 45.0 Å². The lowest BCUT2D eigenvalue weighted by Gasteiger charge is -2.42. The molecule has 1 aliphatic rings. The number of hydrogen-bond donors (Lipinski definition) is 1. The summed E-state index contributed by atoms with van der Waals surface area (Å²) in [6.45, 7) is 9.23. The van der Waals surface area contributed by atoms with Gasteiger partial charge in [0.05, 0.1) is 0 Å². The van der Waals surface area contributed by atoms with E-state index < -0.39 is 0 Å². The average Bonchev–Trinajstić information content (AvgIpc) is 2.35. The number of nitrogens with two attached hydrogens (primary N) is 1. The molecule has 2 N–H and O–H groups in total. The first-order valence-electron chi connectivity index (χ1n) is 6.80. The van der Waals surface area contributed by atoms with Crippen LogP contribution < -0.4 is 5.73 Å². The molecular formula is C16H24N2O. The number of rotatable bonds is 2. The van der Waals surface area contributed by atoms with Crippen LogP contribution in [-0.2, 0) is 15.7 Å². The first kappa shape index (κ1) is 13.9. The lowest BCUT2D eigenvalue weighted by atomic mass is 9.63. The molecule has 1 aromatic carbocycles. The minimum absolute atomic E-state index is 0.189. The van der Waals surface area contributed by atoms with Crippen LogP contribution in [0.15, 0.2) is 23.4 Å². The zero-order chi connectivity index (χ0) is 14.3. The summed E-state index contributed by atoms with van der Waals surface area (Å²) in [5.74, 6) is 0.435. The fraction of sp³-hybridized carbons (Fsp3) is 0.562. The molecule has 1 aliphatic carbocycles. The van der Waals surface area contributed by atoms with Crippen LogP contribution in [0.3, 0.4) is 0 Å². The van der Waals surface area contributed by atoms with Gasteiger partial charge in [-0.1, -0.05) is 45.0 Å². The van der Waals surface area contributed by atoms with Crippen LogP contribution in [0.5, 0.6) is 0 Å². The Morgan fingerprint density at radius 3 is 2.26 bits per heavy atom. The molecule has 0 saturated carbocycles. The summed E-state index contributed by atoms with van der Waals surface area (Å²) in [5, 5.41) is 3.82. The van der Waals surface area contributed by atoms with Gasteiger partial charge in [0, 0.05) is 5.56 Å². The molecule has 0 bridgehead atoms. The highest BCUT2D eigenvalue weighted by atomic mass is 16.6. The van der Waals surface area contributed by atoms with E-state index in [1.165, 1.54) is 31.1 Å². The van der Waals surface area contributed by atoms with E-state index in [-0.39, 0.29) is 10.8 Å². The first-order chi connectivity index (χ1) is 8.78. The normalized spacial score (nSPS) is 20.8. The minimum atomic E-state index is 0.189. The van der Waals surface area contributed by atoms with E-state index in [4.69, 9.17) is 10.6 Å². The van der Waals surface area contributed by atoms with Crippen LogP contribution in [0.2, 0.25) is 0 Å². The Morgan fingerprint density at radius 1 is 1.11 bits per heavy atom. The minimum Gasteiger partial charge on any atom is -0.397 e. The molecule has 0 amide bonds. The van der Waals surface area contributed by atoms with Crippen LogP contribution in [0.4, 0.5) is 0 Å². The highest BCUT2D eigenvalue weighted by Gasteiger charge is 2.37. The van der Waals surface area contributed by atoms with E-state index in [9.17, 15) is 0 Å². The molecule has 2 rings (SSSR count). The zero-order valence-electron chi connectivity index (χ0n) is 12.6. The second-order valence-electron chi connectivity index (χ2n) is 6.69. The van der Waals surface area contributed by atoms with Gasteiger partial charge in [-0.2, -0.15) is 0 Å². The Kier molecular flexibility index (Phi) is 3.33. The lowest BCUT2D eigenvalue weighted by molar-refractivity contribution is 0.213. The molecule has 0 fully saturated rings. The third-order valence-electron chi connectivity index (χ3n) is 4.34. The average molecular weight is 260 g/mol. The van der Waals surface area contributed by atoms with Crippen molar-refractivity contribution in [3.63, 3.8) is 0 Å². The molecule has 3 heteroatoms. The molecule has 0 aliphatic heterocycles.